The fourth-order valence-electron chi connectivity index (χ4n) is 2.84. The second-order valence-electron chi connectivity index (χ2n) is 8.74. The summed E-state index contributed by atoms with van der Waals surface area (Å²) >= 11 is 5.45. The molecule has 0 aliphatic rings. The van der Waals surface area contributed by atoms with Crippen LogP contribution in [0.2, 0.25) is 18.1 Å². The zero-order valence-corrected chi connectivity index (χ0v) is 20.6. The number of hydrogen-bond donors (Lipinski definition) is 0. The van der Waals surface area contributed by atoms with Gasteiger partial charge in [-0.05, 0) is 66.9 Å². The van der Waals surface area contributed by atoms with Crippen LogP contribution in [0.25, 0.3) is 10.2 Å². The predicted molar refractivity (Wildman–Crippen MR) is 123 cm³/mol. The van der Waals surface area contributed by atoms with Gasteiger partial charge in [0.2, 0.25) is 0 Å². The van der Waals surface area contributed by atoms with E-state index in [9.17, 15) is 0 Å². The van der Waals surface area contributed by atoms with Crippen LogP contribution >= 0.6 is 27.3 Å². The Morgan fingerprint density at radius 2 is 1.74 bits per heavy atom. The third-order valence-corrected chi connectivity index (χ3v) is 12.0. The molecule has 1 heterocycles. The Morgan fingerprint density at radius 3 is 2.37 bits per heavy atom. The summed E-state index contributed by atoms with van der Waals surface area (Å²) in [5.41, 5.74) is 4.74. The van der Waals surface area contributed by atoms with Gasteiger partial charge in [-0.15, -0.1) is 11.3 Å². The molecule has 0 N–H and O–H groups in total. The molecule has 0 amide bonds. The Labute approximate surface area is 176 Å². The first-order chi connectivity index (χ1) is 12.5. The number of nitrogens with zero attached hydrogens (tertiary/aromatic N) is 1. The van der Waals surface area contributed by atoms with Gasteiger partial charge in [0.05, 0.1) is 10.2 Å². The van der Waals surface area contributed by atoms with Gasteiger partial charge in [-0.25, -0.2) is 4.98 Å². The van der Waals surface area contributed by atoms with Crippen molar-refractivity contribution in [3.05, 3.63) is 62.6 Å². The number of aromatic nitrogens is 1. The lowest BCUT2D eigenvalue weighted by molar-refractivity contribution is 0.221. The van der Waals surface area contributed by atoms with Crippen LogP contribution in [0, 0.1) is 13.8 Å². The molecule has 1 unspecified atom stereocenters. The quantitative estimate of drug-likeness (QED) is 0.369. The van der Waals surface area contributed by atoms with Crippen LogP contribution in [-0.2, 0) is 4.43 Å². The van der Waals surface area contributed by atoms with E-state index in [2.05, 4.69) is 94.0 Å². The summed E-state index contributed by atoms with van der Waals surface area (Å²) in [4.78, 5) is 4.95. The minimum atomic E-state index is -1.99. The first-order valence-electron chi connectivity index (χ1n) is 9.29. The van der Waals surface area contributed by atoms with Crippen molar-refractivity contribution in [2.75, 3.05) is 0 Å². The number of aryl methyl sites for hydroxylation is 2. The minimum absolute atomic E-state index is 0.137. The highest BCUT2D eigenvalue weighted by Gasteiger charge is 2.40. The van der Waals surface area contributed by atoms with Gasteiger partial charge in [-0.3, -0.25) is 0 Å². The molecule has 27 heavy (non-hydrogen) atoms. The molecule has 0 radical (unpaired) electrons. The number of thiazole rings is 1. The van der Waals surface area contributed by atoms with E-state index in [1.165, 1.54) is 21.4 Å². The zero-order chi connectivity index (χ0) is 20.0. The van der Waals surface area contributed by atoms with E-state index in [-0.39, 0.29) is 11.1 Å². The molecule has 1 atom stereocenters. The number of fused-ring (bicyclic) bond motifs is 1. The minimum Gasteiger partial charge on any atom is -0.403 e. The average molecular weight is 463 g/mol. The lowest BCUT2D eigenvalue weighted by atomic mass is 10.0. The van der Waals surface area contributed by atoms with Gasteiger partial charge in [-0.2, -0.15) is 0 Å². The second-order valence-corrected chi connectivity index (χ2v) is 15.4. The fraction of sp³-hybridized carbons (Fsp3) is 0.409. The SMILES string of the molecule is Cc1cc(C)c(C(O[Si](C)(C)C(C)(C)C)c2nc3ccccc3s2)cc1Br. The summed E-state index contributed by atoms with van der Waals surface area (Å²) < 4.78 is 9.27. The molecule has 0 spiro atoms. The van der Waals surface area contributed by atoms with Crippen molar-refractivity contribution in [3.63, 3.8) is 0 Å². The number of hydrogen-bond acceptors (Lipinski definition) is 3. The van der Waals surface area contributed by atoms with Crippen LogP contribution in [-0.4, -0.2) is 13.3 Å². The Kier molecular flexibility index (Phi) is 5.70. The summed E-state index contributed by atoms with van der Waals surface area (Å²) in [7, 11) is -1.99. The van der Waals surface area contributed by atoms with Crippen molar-refractivity contribution in [1.29, 1.82) is 0 Å². The number of halogens is 1. The van der Waals surface area contributed by atoms with E-state index < -0.39 is 8.32 Å². The molecule has 5 heteroatoms. The van der Waals surface area contributed by atoms with E-state index in [4.69, 9.17) is 9.41 Å². The standard InChI is InChI=1S/C22H28BrNOSSi/c1-14-12-15(2)17(23)13-16(14)20(25-27(6,7)22(3,4)5)21-24-18-10-8-9-11-19(18)26-21/h8-13,20H,1-7H3. The van der Waals surface area contributed by atoms with E-state index in [0.29, 0.717) is 0 Å². The normalized spacial score (nSPS) is 13.9. The number of rotatable bonds is 4. The van der Waals surface area contributed by atoms with Crippen LogP contribution in [0.15, 0.2) is 40.9 Å². The van der Waals surface area contributed by atoms with Crippen LogP contribution in [0.1, 0.15) is 48.6 Å². The van der Waals surface area contributed by atoms with E-state index >= 15 is 0 Å². The fourth-order valence-corrected chi connectivity index (χ4v) is 5.49. The number of benzene rings is 2. The molecule has 144 valence electrons. The topological polar surface area (TPSA) is 22.1 Å². The highest BCUT2D eigenvalue weighted by molar-refractivity contribution is 9.10. The Hall–Kier alpha value is -1.01. The first kappa shape index (κ1) is 20.7. The second kappa shape index (κ2) is 7.43. The van der Waals surface area contributed by atoms with Gasteiger partial charge in [0.15, 0.2) is 8.32 Å². The molecule has 3 aromatic rings. The summed E-state index contributed by atoms with van der Waals surface area (Å²) in [5.74, 6) is 0. The molecule has 0 saturated heterocycles. The maximum Gasteiger partial charge on any atom is 0.193 e. The van der Waals surface area contributed by atoms with Crippen LogP contribution < -0.4 is 0 Å². The van der Waals surface area contributed by atoms with Gasteiger partial charge in [0.25, 0.3) is 0 Å². The summed E-state index contributed by atoms with van der Waals surface area (Å²) in [6.07, 6.45) is -0.139. The highest BCUT2D eigenvalue weighted by Crippen LogP contribution is 2.44. The zero-order valence-electron chi connectivity index (χ0n) is 17.2. The highest BCUT2D eigenvalue weighted by atomic mass is 79.9. The Balaban J connectivity index is 2.16. The Morgan fingerprint density at radius 1 is 1.07 bits per heavy atom. The summed E-state index contributed by atoms with van der Waals surface area (Å²) in [6.45, 7) is 15.8. The molecule has 0 aliphatic heterocycles. The average Bonchev–Trinajstić information content (AvgIpc) is 2.99. The predicted octanol–water partition coefficient (Wildman–Crippen LogP) is 7.79. The lowest BCUT2D eigenvalue weighted by Crippen LogP contribution is -2.42. The van der Waals surface area contributed by atoms with E-state index in [1.54, 1.807) is 11.3 Å². The molecule has 1 aromatic heterocycles. The van der Waals surface area contributed by atoms with Gasteiger partial charge < -0.3 is 4.43 Å². The monoisotopic (exact) mass is 461 g/mol. The van der Waals surface area contributed by atoms with Crippen LogP contribution in [0.3, 0.4) is 0 Å². The van der Waals surface area contributed by atoms with Crippen LogP contribution in [0.4, 0.5) is 0 Å². The largest absolute Gasteiger partial charge is 0.403 e. The smallest absolute Gasteiger partial charge is 0.193 e. The van der Waals surface area contributed by atoms with Gasteiger partial charge in [0.1, 0.15) is 11.1 Å². The molecule has 0 fully saturated rings. The van der Waals surface area contributed by atoms with Gasteiger partial charge >= 0.3 is 0 Å². The third-order valence-electron chi connectivity index (χ3n) is 5.58. The molecule has 2 aromatic carbocycles. The summed E-state index contributed by atoms with van der Waals surface area (Å²) in [6, 6.07) is 12.8. The van der Waals surface area contributed by atoms with Gasteiger partial charge in [0, 0.05) is 4.47 Å². The summed E-state index contributed by atoms with van der Waals surface area (Å²) in [5, 5.41) is 1.18. The van der Waals surface area contributed by atoms with E-state index in [0.717, 1.165) is 15.0 Å². The van der Waals surface area contributed by atoms with Crippen molar-refractivity contribution >= 4 is 45.8 Å². The van der Waals surface area contributed by atoms with Crippen molar-refractivity contribution in [2.24, 2.45) is 0 Å². The molecule has 0 bridgehead atoms. The lowest BCUT2D eigenvalue weighted by Gasteiger charge is -2.39. The van der Waals surface area contributed by atoms with E-state index in [1.807, 2.05) is 6.07 Å². The molecule has 0 saturated carbocycles. The molecule has 0 aliphatic carbocycles. The maximum atomic E-state index is 6.95. The van der Waals surface area contributed by atoms with Crippen molar-refractivity contribution in [3.8, 4) is 0 Å². The van der Waals surface area contributed by atoms with Crippen LogP contribution in [0.5, 0.6) is 0 Å². The van der Waals surface area contributed by atoms with Crippen molar-refractivity contribution < 1.29 is 4.43 Å². The molecule has 3 rings (SSSR count). The maximum absolute atomic E-state index is 6.95. The molecule has 2 nitrogen and oxygen atoms in total. The third kappa shape index (κ3) is 4.21. The first-order valence-corrected chi connectivity index (χ1v) is 13.8. The van der Waals surface area contributed by atoms with Gasteiger partial charge in [-0.1, -0.05) is 54.9 Å². The number of para-hydroxylation sites is 1. The Bertz CT molecular complexity index is 941. The van der Waals surface area contributed by atoms with Crippen molar-refractivity contribution in [2.45, 2.75) is 58.9 Å². The van der Waals surface area contributed by atoms with Crippen molar-refractivity contribution in [1.82, 2.24) is 4.98 Å². The molecular weight excluding hydrogens is 434 g/mol. The molecular formula is C22H28BrNOSSi.